The summed E-state index contributed by atoms with van der Waals surface area (Å²) < 4.78 is 0. The zero-order valence-electron chi connectivity index (χ0n) is 13.2. The van der Waals surface area contributed by atoms with E-state index in [0.717, 1.165) is 31.4 Å². The van der Waals surface area contributed by atoms with E-state index in [9.17, 15) is 10.1 Å². The first-order valence-corrected chi connectivity index (χ1v) is 8.26. The van der Waals surface area contributed by atoms with Crippen LogP contribution in [-0.4, -0.2) is 10.6 Å². The molecule has 4 rings (SSSR count). The third-order valence-electron chi connectivity index (χ3n) is 4.67. The molecule has 2 aromatic rings. The van der Waals surface area contributed by atoms with Gasteiger partial charge in [-0.15, -0.1) is 0 Å². The summed E-state index contributed by atoms with van der Waals surface area (Å²) in [6, 6.07) is 13.0. The van der Waals surface area contributed by atoms with E-state index in [4.69, 9.17) is 9.98 Å². The van der Waals surface area contributed by atoms with Crippen molar-refractivity contribution in [1.82, 2.24) is 0 Å². The van der Waals surface area contributed by atoms with Crippen molar-refractivity contribution in [2.24, 2.45) is 9.98 Å². The summed E-state index contributed by atoms with van der Waals surface area (Å²) >= 11 is 0. The van der Waals surface area contributed by atoms with Gasteiger partial charge in [-0.3, -0.25) is 15.1 Å². The van der Waals surface area contributed by atoms with E-state index < -0.39 is 5.66 Å². The molecule has 1 fully saturated rings. The number of rotatable bonds is 3. The van der Waals surface area contributed by atoms with Gasteiger partial charge in [-0.05, 0) is 49.9 Å². The van der Waals surface area contributed by atoms with E-state index in [2.05, 4.69) is 5.32 Å². The Morgan fingerprint density at radius 2 is 1.75 bits per heavy atom. The summed E-state index contributed by atoms with van der Waals surface area (Å²) in [7, 11) is 0. The molecular weight excluding hydrogens is 304 g/mol. The zero-order chi connectivity index (χ0) is 16.6. The summed E-state index contributed by atoms with van der Waals surface area (Å²) in [5, 5.41) is 15.9. The molecule has 0 saturated heterocycles. The normalized spacial score (nSPS) is 17.7. The van der Waals surface area contributed by atoms with Crippen LogP contribution in [0.4, 0.5) is 17.1 Å². The predicted octanol–water partition coefficient (Wildman–Crippen LogP) is 3.25. The van der Waals surface area contributed by atoms with Gasteiger partial charge < -0.3 is 5.32 Å². The topological polar surface area (TPSA) is 79.9 Å². The highest BCUT2D eigenvalue weighted by Gasteiger charge is 2.35. The Morgan fingerprint density at radius 3 is 2.46 bits per heavy atom. The van der Waals surface area contributed by atoms with Crippen LogP contribution in [0.25, 0.3) is 0 Å². The lowest BCUT2D eigenvalue weighted by molar-refractivity contribution is -0.385. The molecule has 1 N–H and O–H groups in total. The standard InChI is InChI=1S/C18H18N4O2/c23-22(24)17-15(19-13-7-3-1-4-8-13)10-9-14-16(17)21-18(20-14)11-5-2-6-12-18/h1,3-4,7-10,19H,2,5-6,11-12H2. The Kier molecular flexibility index (Phi) is 3.52. The molecule has 2 aromatic carbocycles. The number of nitro groups is 1. The van der Waals surface area contributed by atoms with E-state index in [1.54, 1.807) is 6.07 Å². The Labute approximate surface area is 139 Å². The average Bonchev–Trinajstić information content (AvgIpc) is 2.93. The molecule has 0 bridgehead atoms. The Hall–Kier alpha value is -2.76. The van der Waals surface area contributed by atoms with Gasteiger partial charge in [0, 0.05) is 5.69 Å². The van der Waals surface area contributed by atoms with Gasteiger partial charge in [0.05, 0.1) is 10.3 Å². The number of anilines is 2. The molecule has 2 aliphatic rings. The fourth-order valence-corrected chi connectivity index (χ4v) is 3.53. The van der Waals surface area contributed by atoms with E-state index >= 15 is 0 Å². The van der Waals surface area contributed by atoms with Gasteiger partial charge in [-0.2, -0.15) is 0 Å². The quantitative estimate of drug-likeness (QED) is 0.696. The first-order chi connectivity index (χ1) is 11.7. The zero-order valence-corrected chi connectivity index (χ0v) is 13.2. The number of hydrogen-bond donors (Lipinski definition) is 1. The van der Waals surface area contributed by atoms with Crippen molar-refractivity contribution in [3.05, 3.63) is 63.3 Å². The molecule has 24 heavy (non-hydrogen) atoms. The minimum Gasteiger partial charge on any atom is -0.350 e. The molecule has 122 valence electrons. The van der Waals surface area contributed by atoms with Crippen LogP contribution < -0.4 is 16.0 Å². The summed E-state index contributed by atoms with van der Waals surface area (Å²) in [6.07, 6.45) is 5.08. The van der Waals surface area contributed by atoms with Crippen molar-refractivity contribution in [2.75, 3.05) is 5.32 Å². The Morgan fingerprint density at radius 1 is 1.00 bits per heavy atom. The van der Waals surface area contributed by atoms with Gasteiger partial charge in [0.2, 0.25) is 0 Å². The molecule has 1 spiro atoms. The van der Waals surface area contributed by atoms with Crippen LogP contribution in [0.2, 0.25) is 0 Å². The second-order valence-corrected chi connectivity index (χ2v) is 6.34. The number of para-hydroxylation sites is 1. The minimum absolute atomic E-state index is 0.0163. The minimum atomic E-state index is -0.475. The summed E-state index contributed by atoms with van der Waals surface area (Å²) in [5.74, 6) is 0. The monoisotopic (exact) mass is 322 g/mol. The van der Waals surface area contributed by atoms with Crippen molar-refractivity contribution < 1.29 is 4.92 Å². The highest BCUT2D eigenvalue weighted by Crippen LogP contribution is 2.34. The lowest BCUT2D eigenvalue weighted by Crippen LogP contribution is -2.26. The van der Waals surface area contributed by atoms with E-state index in [1.807, 2.05) is 36.4 Å². The summed E-state index contributed by atoms with van der Waals surface area (Å²) in [5.41, 5.74) is 0.804. The number of hydrogen-bond acceptors (Lipinski definition) is 5. The second kappa shape index (κ2) is 5.70. The van der Waals surface area contributed by atoms with Crippen molar-refractivity contribution in [1.29, 1.82) is 0 Å². The first-order valence-electron chi connectivity index (χ1n) is 8.26. The Bertz CT molecular complexity index is 903. The number of nitrogens with zero attached hydrogens (tertiary/aromatic N) is 3. The highest BCUT2D eigenvalue weighted by atomic mass is 16.6. The van der Waals surface area contributed by atoms with Crippen LogP contribution in [0.3, 0.4) is 0 Å². The average molecular weight is 322 g/mol. The van der Waals surface area contributed by atoms with E-state index in [0.29, 0.717) is 16.4 Å². The maximum Gasteiger partial charge on any atom is 0.319 e. The van der Waals surface area contributed by atoms with Crippen LogP contribution in [0.1, 0.15) is 32.1 Å². The van der Waals surface area contributed by atoms with Crippen LogP contribution in [0.5, 0.6) is 0 Å². The molecule has 6 heteroatoms. The molecular formula is C18H18N4O2. The summed E-state index contributed by atoms with van der Waals surface area (Å²) in [6.45, 7) is 0. The Balaban J connectivity index is 1.83. The second-order valence-electron chi connectivity index (χ2n) is 6.34. The number of nitro benzene ring substituents is 1. The largest absolute Gasteiger partial charge is 0.350 e. The van der Waals surface area contributed by atoms with Crippen LogP contribution in [-0.2, 0) is 0 Å². The lowest BCUT2D eigenvalue weighted by Gasteiger charge is -2.27. The molecule has 0 unspecified atom stereocenters. The molecule has 1 aliphatic carbocycles. The summed E-state index contributed by atoms with van der Waals surface area (Å²) in [4.78, 5) is 20.8. The van der Waals surface area contributed by atoms with Gasteiger partial charge in [0.25, 0.3) is 0 Å². The van der Waals surface area contributed by atoms with Gasteiger partial charge in [0.1, 0.15) is 5.69 Å². The molecule has 6 nitrogen and oxygen atoms in total. The molecule has 0 amide bonds. The maximum atomic E-state index is 11.7. The predicted molar refractivity (Wildman–Crippen MR) is 90.9 cm³/mol. The van der Waals surface area contributed by atoms with Gasteiger partial charge in [-0.25, -0.2) is 4.99 Å². The molecule has 0 atom stereocenters. The number of nitrogens with one attached hydrogen (secondary N) is 1. The van der Waals surface area contributed by atoms with Crippen molar-refractivity contribution in [2.45, 2.75) is 37.8 Å². The third-order valence-corrected chi connectivity index (χ3v) is 4.67. The SMILES string of the molecule is O=[N+]([O-])c1c(Nc2ccccc2)ccc2c1=NC1(CCCCC1)N=2. The fraction of sp³-hybridized carbons (Fsp3) is 0.333. The fourth-order valence-electron chi connectivity index (χ4n) is 3.53. The van der Waals surface area contributed by atoms with E-state index in [-0.39, 0.29) is 10.6 Å². The maximum absolute atomic E-state index is 11.7. The van der Waals surface area contributed by atoms with Crippen molar-refractivity contribution >= 4 is 17.1 Å². The third kappa shape index (κ3) is 2.54. The van der Waals surface area contributed by atoms with Crippen LogP contribution >= 0.6 is 0 Å². The molecule has 1 saturated carbocycles. The van der Waals surface area contributed by atoms with E-state index in [1.165, 1.54) is 6.42 Å². The van der Waals surface area contributed by atoms with Gasteiger partial charge in [-0.1, -0.05) is 24.6 Å². The van der Waals surface area contributed by atoms with Crippen LogP contribution in [0, 0.1) is 10.1 Å². The van der Waals surface area contributed by atoms with Gasteiger partial charge >= 0.3 is 5.69 Å². The first kappa shape index (κ1) is 14.8. The lowest BCUT2D eigenvalue weighted by atomic mass is 9.90. The molecule has 0 radical (unpaired) electrons. The number of fused-ring (bicyclic) bond motifs is 1. The van der Waals surface area contributed by atoms with Crippen molar-refractivity contribution in [3.63, 3.8) is 0 Å². The van der Waals surface area contributed by atoms with Crippen molar-refractivity contribution in [3.8, 4) is 0 Å². The molecule has 1 aliphatic heterocycles. The highest BCUT2D eigenvalue weighted by molar-refractivity contribution is 5.69. The van der Waals surface area contributed by atoms with Crippen LogP contribution in [0.15, 0.2) is 52.4 Å². The smallest absolute Gasteiger partial charge is 0.319 e. The molecule has 1 heterocycles. The van der Waals surface area contributed by atoms with Gasteiger partial charge in [0.15, 0.2) is 11.0 Å². The number of benzene rings is 2. The molecule has 0 aromatic heterocycles.